The Hall–Kier alpha value is -3.11. The third-order valence-electron chi connectivity index (χ3n) is 5.66. The number of benzene rings is 1. The zero-order valence-corrected chi connectivity index (χ0v) is 17.9. The second-order valence-electron chi connectivity index (χ2n) is 7.76. The highest BCUT2D eigenvalue weighted by molar-refractivity contribution is 5.93. The van der Waals surface area contributed by atoms with Gasteiger partial charge in [-0.2, -0.15) is 5.26 Å². The van der Waals surface area contributed by atoms with Crippen molar-refractivity contribution >= 4 is 17.6 Å². The van der Waals surface area contributed by atoms with Gasteiger partial charge in [-0.05, 0) is 50.9 Å². The van der Waals surface area contributed by atoms with Crippen LogP contribution in [0.3, 0.4) is 0 Å². The second kappa shape index (κ2) is 9.59. The van der Waals surface area contributed by atoms with Gasteiger partial charge in [0.15, 0.2) is 0 Å². The van der Waals surface area contributed by atoms with Crippen molar-refractivity contribution in [3.05, 3.63) is 47.2 Å². The first kappa shape index (κ1) is 21.6. The molecule has 0 aliphatic carbocycles. The predicted molar refractivity (Wildman–Crippen MR) is 116 cm³/mol. The lowest BCUT2D eigenvalue weighted by Crippen LogP contribution is -2.49. The molecule has 1 atom stereocenters. The van der Waals surface area contributed by atoms with Gasteiger partial charge in [0.2, 0.25) is 11.8 Å². The molecule has 3 rings (SSSR count). The average Bonchev–Trinajstić information content (AvgIpc) is 2.97. The van der Waals surface area contributed by atoms with Gasteiger partial charge >= 0.3 is 0 Å². The van der Waals surface area contributed by atoms with E-state index in [0.717, 1.165) is 36.3 Å². The molecule has 0 radical (unpaired) electrons. The summed E-state index contributed by atoms with van der Waals surface area (Å²) in [6, 6.07) is 12.0. The maximum atomic E-state index is 12.9. The Labute approximate surface area is 177 Å². The number of hydrogen-bond donors (Lipinski definition) is 2. The number of likely N-dealkylation sites (tertiary alicyclic amines) is 1. The fourth-order valence-electron chi connectivity index (χ4n) is 3.98. The largest absolute Gasteiger partial charge is 0.352 e. The molecule has 1 saturated heterocycles. The Balaban J connectivity index is 1.76. The zero-order valence-electron chi connectivity index (χ0n) is 17.9. The molecule has 0 bridgehead atoms. The lowest BCUT2D eigenvalue weighted by atomic mass is 10.1. The van der Waals surface area contributed by atoms with E-state index in [0.29, 0.717) is 24.3 Å². The van der Waals surface area contributed by atoms with Crippen molar-refractivity contribution in [1.82, 2.24) is 14.8 Å². The Morgan fingerprint density at radius 3 is 2.60 bits per heavy atom. The lowest BCUT2D eigenvalue weighted by molar-refractivity contribution is -0.121. The van der Waals surface area contributed by atoms with Crippen LogP contribution in [0.25, 0.3) is 5.69 Å². The molecule has 2 aromatic rings. The van der Waals surface area contributed by atoms with E-state index >= 15 is 0 Å². The molecule has 7 heteroatoms. The quantitative estimate of drug-likeness (QED) is 0.770. The van der Waals surface area contributed by atoms with Crippen LogP contribution in [0.4, 0.5) is 5.82 Å². The van der Waals surface area contributed by atoms with Gasteiger partial charge in [0.05, 0.1) is 12.1 Å². The minimum absolute atomic E-state index is 0.0385. The zero-order chi connectivity index (χ0) is 21.7. The van der Waals surface area contributed by atoms with E-state index in [4.69, 9.17) is 0 Å². The van der Waals surface area contributed by atoms with Gasteiger partial charge < -0.3 is 10.6 Å². The summed E-state index contributed by atoms with van der Waals surface area (Å²) in [5, 5.41) is 15.7. The van der Waals surface area contributed by atoms with Crippen LogP contribution in [-0.4, -0.2) is 47.0 Å². The molecule has 2 amide bonds. The number of anilines is 1. The van der Waals surface area contributed by atoms with E-state index in [1.54, 1.807) is 0 Å². The van der Waals surface area contributed by atoms with Crippen LogP contribution in [-0.2, 0) is 9.59 Å². The number of carbonyl (C=O) groups is 2. The van der Waals surface area contributed by atoms with Crippen LogP contribution in [0, 0.1) is 25.2 Å². The molecule has 1 aliphatic rings. The number of aromatic nitrogens is 1. The molecule has 2 heterocycles. The SMILES string of the molecule is CCC(=O)N[C@H]1CCCN(CC(=O)Nc2c(C#N)c(C)c(C)n2-c2ccccc2)C1. The van der Waals surface area contributed by atoms with Crippen molar-refractivity contribution in [2.24, 2.45) is 0 Å². The molecule has 0 saturated carbocycles. The van der Waals surface area contributed by atoms with Crippen molar-refractivity contribution in [3.63, 3.8) is 0 Å². The summed E-state index contributed by atoms with van der Waals surface area (Å²) in [5.74, 6) is 0.386. The van der Waals surface area contributed by atoms with Crippen LogP contribution in [0.15, 0.2) is 30.3 Å². The van der Waals surface area contributed by atoms with Gasteiger partial charge in [-0.15, -0.1) is 0 Å². The van der Waals surface area contributed by atoms with Crippen molar-refractivity contribution in [2.45, 2.75) is 46.1 Å². The third-order valence-corrected chi connectivity index (χ3v) is 5.66. The first-order valence-electron chi connectivity index (χ1n) is 10.4. The molecule has 7 nitrogen and oxygen atoms in total. The highest BCUT2D eigenvalue weighted by Crippen LogP contribution is 2.29. The van der Waals surface area contributed by atoms with Gasteiger partial charge in [0.25, 0.3) is 0 Å². The fourth-order valence-corrected chi connectivity index (χ4v) is 3.98. The van der Waals surface area contributed by atoms with Crippen LogP contribution < -0.4 is 10.6 Å². The maximum absolute atomic E-state index is 12.9. The van der Waals surface area contributed by atoms with Gasteiger partial charge in [-0.1, -0.05) is 25.1 Å². The van der Waals surface area contributed by atoms with E-state index < -0.39 is 0 Å². The van der Waals surface area contributed by atoms with Crippen molar-refractivity contribution in [3.8, 4) is 11.8 Å². The molecule has 0 unspecified atom stereocenters. The molecule has 30 heavy (non-hydrogen) atoms. The number of carbonyl (C=O) groups excluding carboxylic acids is 2. The molecule has 1 fully saturated rings. The van der Waals surface area contributed by atoms with Gasteiger partial charge in [-0.25, -0.2) is 0 Å². The summed E-state index contributed by atoms with van der Waals surface area (Å²) >= 11 is 0. The minimum Gasteiger partial charge on any atom is -0.352 e. The van der Waals surface area contributed by atoms with Gasteiger partial charge in [-0.3, -0.25) is 19.1 Å². The highest BCUT2D eigenvalue weighted by Gasteiger charge is 2.25. The fraction of sp³-hybridized carbons (Fsp3) is 0.435. The smallest absolute Gasteiger partial charge is 0.239 e. The van der Waals surface area contributed by atoms with E-state index in [-0.39, 0.29) is 24.4 Å². The number of rotatable bonds is 6. The summed E-state index contributed by atoms with van der Waals surface area (Å²) in [4.78, 5) is 26.6. The topological polar surface area (TPSA) is 90.2 Å². The van der Waals surface area contributed by atoms with Crippen LogP contribution in [0.5, 0.6) is 0 Å². The third kappa shape index (κ3) is 4.71. The maximum Gasteiger partial charge on any atom is 0.239 e. The van der Waals surface area contributed by atoms with Crippen LogP contribution in [0.2, 0.25) is 0 Å². The molecule has 1 aromatic heterocycles. The summed E-state index contributed by atoms with van der Waals surface area (Å²) in [6.45, 7) is 7.37. The average molecular weight is 408 g/mol. The van der Waals surface area contributed by atoms with E-state index in [2.05, 4.69) is 21.6 Å². The first-order valence-corrected chi connectivity index (χ1v) is 10.4. The number of nitrogens with one attached hydrogen (secondary N) is 2. The van der Waals surface area contributed by atoms with Crippen molar-refractivity contribution < 1.29 is 9.59 Å². The van der Waals surface area contributed by atoms with Crippen molar-refractivity contribution in [2.75, 3.05) is 25.0 Å². The summed E-state index contributed by atoms with van der Waals surface area (Å²) in [6.07, 6.45) is 2.32. The first-order chi connectivity index (χ1) is 14.4. The number of nitrogens with zero attached hydrogens (tertiary/aromatic N) is 3. The highest BCUT2D eigenvalue weighted by atomic mass is 16.2. The Kier molecular flexibility index (Phi) is 6.91. The Morgan fingerprint density at radius 1 is 1.20 bits per heavy atom. The van der Waals surface area contributed by atoms with Crippen LogP contribution >= 0.6 is 0 Å². The Morgan fingerprint density at radius 2 is 1.93 bits per heavy atom. The molecule has 158 valence electrons. The molecular formula is C23H29N5O2. The number of para-hydroxylation sites is 1. The summed E-state index contributed by atoms with van der Waals surface area (Å²) in [7, 11) is 0. The normalized spacial score (nSPS) is 16.7. The molecular weight excluding hydrogens is 378 g/mol. The molecule has 1 aromatic carbocycles. The standard InChI is InChI=1S/C23H29N5O2/c1-4-21(29)25-18-9-8-12-27(14-18)15-22(30)26-23-20(13-24)16(2)17(3)28(23)19-10-6-5-7-11-19/h5-7,10-11,18H,4,8-9,12,14-15H2,1-3H3,(H,25,29)(H,26,30)/t18-/m0/s1. The minimum atomic E-state index is -0.163. The van der Waals surface area contributed by atoms with E-state index in [9.17, 15) is 14.9 Å². The number of hydrogen-bond acceptors (Lipinski definition) is 4. The second-order valence-corrected chi connectivity index (χ2v) is 7.76. The van der Waals surface area contributed by atoms with E-state index in [1.165, 1.54) is 0 Å². The summed E-state index contributed by atoms with van der Waals surface area (Å²) in [5.41, 5.74) is 3.16. The number of nitriles is 1. The molecule has 1 aliphatic heterocycles. The lowest BCUT2D eigenvalue weighted by Gasteiger charge is -2.32. The van der Waals surface area contributed by atoms with Crippen molar-refractivity contribution in [1.29, 1.82) is 5.26 Å². The van der Waals surface area contributed by atoms with Gasteiger partial charge in [0, 0.05) is 30.4 Å². The molecule has 0 spiro atoms. The van der Waals surface area contributed by atoms with Gasteiger partial charge in [0.1, 0.15) is 11.9 Å². The predicted octanol–water partition coefficient (Wildman–Crippen LogP) is 2.89. The molecule has 2 N–H and O–H groups in total. The van der Waals surface area contributed by atoms with E-state index in [1.807, 2.05) is 55.7 Å². The van der Waals surface area contributed by atoms with Crippen LogP contribution in [0.1, 0.15) is 43.0 Å². The monoisotopic (exact) mass is 407 g/mol. The number of amides is 2. The Bertz CT molecular complexity index is 958. The summed E-state index contributed by atoms with van der Waals surface area (Å²) < 4.78 is 1.92. The number of piperidine rings is 1.